The van der Waals surface area contributed by atoms with Gasteiger partial charge in [-0.1, -0.05) is 45.0 Å². The molecule has 0 amide bonds. The van der Waals surface area contributed by atoms with E-state index in [4.69, 9.17) is 5.11 Å². The van der Waals surface area contributed by atoms with Crippen molar-refractivity contribution in [3.8, 4) is 0 Å². The molecule has 0 aliphatic carbocycles. The average molecular weight is 256 g/mol. The molecule has 1 unspecified atom stereocenters. The first kappa shape index (κ1) is 14.6. The Morgan fingerprint density at radius 2 is 1.78 bits per heavy atom. The predicted molar refractivity (Wildman–Crippen MR) is 65.8 cm³/mol. The molecule has 2 nitrogen and oxygen atoms in total. The lowest BCUT2D eigenvalue weighted by Crippen LogP contribution is -2.21. The van der Waals surface area contributed by atoms with Crippen molar-refractivity contribution in [3.63, 3.8) is 0 Å². The monoisotopic (exact) mass is 256 g/mol. The number of carboxylic acid groups (broad SMARTS) is 1. The van der Waals surface area contributed by atoms with Gasteiger partial charge in [-0.2, -0.15) is 0 Å². The molecule has 0 bridgehead atoms. The molecular weight excluding hydrogens is 238 g/mol. The van der Waals surface area contributed by atoms with E-state index >= 15 is 0 Å². The molecule has 1 rings (SSSR count). The van der Waals surface area contributed by atoms with E-state index in [1.54, 1.807) is 6.92 Å². The third-order valence-corrected chi connectivity index (χ3v) is 3.13. The first-order chi connectivity index (χ1) is 8.30. The highest BCUT2D eigenvalue weighted by Gasteiger charge is 2.35. The van der Waals surface area contributed by atoms with E-state index in [0.29, 0.717) is 12.0 Å². The molecule has 0 radical (unpaired) electrons. The molecule has 0 fully saturated rings. The van der Waals surface area contributed by atoms with Gasteiger partial charge in [-0.15, -0.1) is 0 Å². The molecule has 18 heavy (non-hydrogen) atoms. The molecular formula is C14H18F2O2. The maximum Gasteiger partial charge on any atom is 0.310 e. The minimum atomic E-state index is -2.89. The highest BCUT2D eigenvalue weighted by Crippen LogP contribution is 2.36. The number of benzene rings is 1. The molecule has 0 aromatic heterocycles. The van der Waals surface area contributed by atoms with E-state index in [1.807, 2.05) is 0 Å². The number of carboxylic acids is 1. The Labute approximate surface area is 106 Å². The number of hydrogen-bond donors (Lipinski definition) is 1. The minimum absolute atomic E-state index is 0.0681. The van der Waals surface area contributed by atoms with Crippen LogP contribution < -0.4 is 0 Å². The van der Waals surface area contributed by atoms with Crippen LogP contribution in [0.3, 0.4) is 0 Å². The predicted octanol–water partition coefficient (Wildman–Crippen LogP) is 4.01. The van der Waals surface area contributed by atoms with E-state index in [0.717, 1.165) is 0 Å². The van der Waals surface area contributed by atoms with Gasteiger partial charge in [0.05, 0.1) is 5.92 Å². The zero-order chi connectivity index (χ0) is 13.9. The van der Waals surface area contributed by atoms with Gasteiger partial charge in [-0.3, -0.25) is 4.79 Å². The van der Waals surface area contributed by atoms with Crippen LogP contribution in [0.2, 0.25) is 0 Å². The highest BCUT2D eigenvalue weighted by atomic mass is 19.3. The van der Waals surface area contributed by atoms with Crippen LogP contribution in [-0.4, -0.2) is 11.1 Å². The number of aliphatic carboxylic acids is 1. The quantitative estimate of drug-likeness (QED) is 0.864. The molecule has 0 heterocycles. The van der Waals surface area contributed by atoms with Crippen LogP contribution >= 0.6 is 0 Å². The minimum Gasteiger partial charge on any atom is -0.481 e. The largest absolute Gasteiger partial charge is 0.481 e. The fourth-order valence-electron chi connectivity index (χ4n) is 1.82. The first-order valence-corrected chi connectivity index (χ1v) is 6.01. The topological polar surface area (TPSA) is 37.3 Å². The lowest BCUT2D eigenvalue weighted by atomic mass is 9.92. The number of halogens is 2. The van der Waals surface area contributed by atoms with Crippen molar-refractivity contribution in [1.29, 1.82) is 0 Å². The van der Waals surface area contributed by atoms with Crippen LogP contribution in [0.1, 0.15) is 44.2 Å². The summed E-state index contributed by atoms with van der Waals surface area (Å²) in [5, 5.41) is 9.00. The van der Waals surface area contributed by atoms with Gasteiger partial charge in [0.1, 0.15) is 0 Å². The average Bonchev–Trinajstić information content (AvgIpc) is 2.30. The third kappa shape index (κ3) is 2.86. The molecule has 1 atom stereocenters. The molecule has 100 valence electrons. The van der Waals surface area contributed by atoms with E-state index in [2.05, 4.69) is 0 Å². The Morgan fingerprint density at radius 1 is 1.28 bits per heavy atom. The Balaban J connectivity index is 3.03. The summed E-state index contributed by atoms with van der Waals surface area (Å²) < 4.78 is 27.5. The first-order valence-electron chi connectivity index (χ1n) is 6.01. The van der Waals surface area contributed by atoms with Gasteiger partial charge in [0.25, 0.3) is 5.92 Å². The second kappa shape index (κ2) is 5.46. The van der Waals surface area contributed by atoms with E-state index in [1.165, 1.54) is 38.1 Å². The summed E-state index contributed by atoms with van der Waals surface area (Å²) in [4.78, 5) is 11.0. The van der Waals surface area contributed by atoms with E-state index in [-0.39, 0.29) is 5.56 Å². The zero-order valence-electron chi connectivity index (χ0n) is 10.8. The van der Waals surface area contributed by atoms with Gasteiger partial charge < -0.3 is 5.11 Å². The van der Waals surface area contributed by atoms with Crippen LogP contribution in [-0.2, 0) is 10.7 Å². The van der Waals surface area contributed by atoms with Crippen molar-refractivity contribution in [1.82, 2.24) is 0 Å². The van der Waals surface area contributed by atoms with E-state index in [9.17, 15) is 13.6 Å². The second-order valence-corrected chi connectivity index (χ2v) is 4.70. The molecule has 0 aliphatic rings. The van der Waals surface area contributed by atoms with Gasteiger partial charge in [0, 0.05) is 11.5 Å². The maximum absolute atomic E-state index is 13.7. The molecule has 4 heteroatoms. The van der Waals surface area contributed by atoms with Gasteiger partial charge in [0.2, 0.25) is 0 Å². The SMILES string of the molecule is CCC(C(=O)O)c1ccc(C(F)(F)C(C)C)cc1. The molecule has 0 saturated heterocycles. The molecule has 1 aromatic rings. The summed E-state index contributed by atoms with van der Waals surface area (Å²) in [5.74, 6) is -5.24. The molecule has 0 spiro atoms. The van der Waals surface area contributed by atoms with Crippen molar-refractivity contribution < 1.29 is 18.7 Å². The van der Waals surface area contributed by atoms with Gasteiger partial charge in [-0.05, 0) is 12.0 Å². The number of rotatable bonds is 5. The van der Waals surface area contributed by atoms with Crippen molar-refractivity contribution in [3.05, 3.63) is 35.4 Å². The van der Waals surface area contributed by atoms with Crippen LogP contribution in [0.25, 0.3) is 0 Å². The Hall–Kier alpha value is -1.45. The van der Waals surface area contributed by atoms with E-state index < -0.39 is 23.7 Å². The third-order valence-electron chi connectivity index (χ3n) is 3.13. The lowest BCUT2D eigenvalue weighted by Gasteiger charge is -2.21. The smallest absolute Gasteiger partial charge is 0.310 e. The van der Waals surface area contributed by atoms with Crippen molar-refractivity contribution >= 4 is 5.97 Å². The molecule has 0 aliphatic heterocycles. The van der Waals surface area contributed by atoms with Crippen molar-refractivity contribution in [2.45, 2.75) is 39.0 Å². The summed E-state index contributed by atoms with van der Waals surface area (Å²) in [6.45, 7) is 4.68. The summed E-state index contributed by atoms with van der Waals surface area (Å²) in [5.41, 5.74) is 0.495. The maximum atomic E-state index is 13.7. The number of alkyl halides is 2. The van der Waals surface area contributed by atoms with Crippen molar-refractivity contribution in [2.75, 3.05) is 0 Å². The van der Waals surface area contributed by atoms with Crippen molar-refractivity contribution in [2.24, 2.45) is 5.92 Å². The Kier molecular flexibility index (Phi) is 4.43. The number of carbonyl (C=O) groups is 1. The Morgan fingerprint density at radius 3 is 2.11 bits per heavy atom. The van der Waals surface area contributed by atoms with Gasteiger partial charge in [0.15, 0.2) is 0 Å². The van der Waals surface area contributed by atoms with Crippen LogP contribution in [0, 0.1) is 5.92 Å². The standard InChI is InChI=1S/C14H18F2O2/c1-4-12(13(17)18)10-5-7-11(8-6-10)14(15,16)9(2)3/h5-9,12H,4H2,1-3H3,(H,17,18). The normalized spacial score (nSPS) is 13.7. The Bertz CT molecular complexity index is 410. The summed E-state index contributed by atoms with van der Waals surface area (Å²) in [6.07, 6.45) is 0.440. The molecule has 1 N–H and O–H groups in total. The van der Waals surface area contributed by atoms with Gasteiger partial charge in [-0.25, -0.2) is 8.78 Å². The molecule has 1 aromatic carbocycles. The summed E-state index contributed by atoms with van der Waals surface area (Å²) in [7, 11) is 0. The fourth-order valence-corrected chi connectivity index (χ4v) is 1.82. The molecule has 0 saturated carbocycles. The zero-order valence-corrected chi connectivity index (χ0v) is 10.8. The summed E-state index contributed by atoms with van der Waals surface area (Å²) >= 11 is 0. The van der Waals surface area contributed by atoms with Crippen LogP contribution in [0.4, 0.5) is 8.78 Å². The fraction of sp³-hybridized carbons (Fsp3) is 0.500. The number of hydrogen-bond acceptors (Lipinski definition) is 1. The highest BCUT2D eigenvalue weighted by molar-refractivity contribution is 5.75. The van der Waals surface area contributed by atoms with Crippen LogP contribution in [0.5, 0.6) is 0 Å². The summed E-state index contributed by atoms with van der Waals surface area (Å²) in [6, 6.07) is 5.60. The lowest BCUT2D eigenvalue weighted by molar-refractivity contribution is -0.138. The van der Waals surface area contributed by atoms with Gasteiger partial charge >= 0.3 is 5.97 Å². The van der Waals surface area contributed by atoms with Crippen LogP contribution in [0.15, 0.2) is 24.3 Å². The second-order valence-electron chi connectivity index (χ2n) is 4.70.